The standard InChI is InChI=1S/C4H5N3.3C4H6O6/c5-4-1-2-6-3-7-4;3*5-1(3(7)8)2(6)4(9)10/h1-3H,(H2,5,6,7);3*1-2,5-6H,(H,7,8)(H,9,10). The Labute approximate surface area is 203 Å². The van der Waals surface area contributed by atoms with Crippen LogP contribution in [0.5, 0.6) is 0 Å². The molecule has 0 fully saturated rings. The number of aliphatic carboxylic acids is 6. The van der Waals surface area contributed by atoms with E-state index in [0.717, 1.165) is 0 Å². The zero-order valence-corrected chi connectivity index (χ0v) is 18.0. The summed E-state index contributed by atoms with van der Waals surface area (Å²) in [5, 5.41) is 97.6. The molecule has 6 unspecified atom stereocenters. The van der Waals surface area contributed by atoms with Crippen LogP contribution in [-0.4, -0.2) is 144 Å². The third-order valence-electron chi connectivity index (χ3n) is 3.02. The average molecular weight is 545 g/mol. The van der Waals surface area contributed by atoms with Crippen LogP contribution < -0.4 is 5.73 Å². The maximum atomic E-state index is 9.77. The van der Waals surface area contributed by atoms with E-state index in [1.165, 1.54) is 6.33 Å². The van der Waals surface area contributed by atoms with E-state index in [9.17, 15) is 28.8 Å². The monoisotopic (exact) mass is 545 g/mol. The normalized spacial score (nSPS) is 14.4. The lowest BCUT2D eigenvalue weighted by molar-refractivity contribution is -0.165. The maximum Gasteiger partial charge on any atom is 0.335 e. The number of aliphatic hydroxyl groups excluding tert-OH is 6. The van der Waals surface area contributed by atoms with Crippen LogP contribution in [0.3, 0.4) is 0 Å². The quantitative estimate of drug-likeness (QED) is 0.137. The summed E-state index contributed by atoms with van der Waals surface area (Å²) in [5.74, 6) is -10.1. The molecule has 210 valence electrons. The van der Waals surface area contributed by atoms with Crippen molar-refractivity contribution in [1.82, 2.24) is 9.97 Å². The van der Waals surface area contributed by atoms with Gasteiger partial charge < -0.3 is 67.0 Å². The highest BCUT2D eigenvalue weighted by Crippen LogP contribution is 1.94. The van der Waals surface area contributed by atoms with Crippen molar-refractivity contribution < 1.29 is 90.0 Å². The molecule has 0 saturated carbocycles. The predicted octanol–water partition coefficient (Wildman–Crippen LogP) is -6.31. The largest absolute Gasteiger partial charge is 0.479 e. The molecular weight excluding hydrogens is 522 g/mol. The Kier molecular flexibility index (Phi) is 18.8. The van der Waals surface area contributed by atoms with E-state index in [1.54, 1.807) is 12.3 Å². The molecule has 0 radical (unpaired) electrons. The number of aromatic nitrogens is 2. The van der Waals surface area contributed by atoms with Crippen LogP contribution >= 0.6 is 0 Å². The van der Waals surface area contributed by atoms with Gasteiger partial charge >= 0.3 is 35.8 Å². The van der Waals surface area contributed by atoms with Crippen molar-refractivity contribution in [3.05, 3.63) is 18.6 Å². The molecule has 0 aliphatic carbocycles. The number of rotatable bonds is 9. The van der Waals surface area contributed by atoms with E-state index < -0.39 is 72.4 Å². The van der Waals surface area contributed by atoms with E-state index in [2.05, 4.69) is 9.97 Å². The second kappa shape index (κ2) is 18.7. The van der Waals surface area contributed by atoms with Gasteiger partial charge in [-0.3, -0.25) is 0 Å². The number of hydrogen-bond acceptors (Lipinski definition) is 15. The highest BCUT2D eigenvalue weighted by atomic mass is 16.5. The summed E-state index contributed by atoms with van der Waals surface area (Å²) in [7, 11) is 0. The summed E-state index contributed by atoms with van der Waals surface area (Å²) in [5.41, 5.74) is 5.21. The Morgan fingerprint density at radius 2 is 0.757 bits per heavy atom. The molecular formula is C16H23N3O18. The molecule has 1 aromatic heterocycles. The van der Waals surface area contributed by atoms with Crippen LogP contribution in [0.1, 0.15) is 0 Å². The number of carboxylic acid groups (broad SMARTS) is 6. The predicted molar refractivity (Wildman–Crippen MR) is 108 cm³/mol. The second-order valence-electron chi connectivity index (χ2n) is 5.83. The van der Waals surface area contributed by atoms with Crippen LogP contribution in [0, 0.1) is 0 Å². The Hall–Kier alpha value is -4.54. The van der Waals surface area contributed by atoms with Crippen LogP contribution in [0.15, 0.2) is 18.6 Å². The molecule has 0 aromatic carbocycles. The van der Waals surface area contributed by atoms with Crippen molar-refractivity contribution >= 4 is 41.6 Å². The zero-order chi connectivity index (χ0) is 30.0. The van der Waals surface area contributed by atoms with Crippen LogP contribution in [-0.2, 0) is 28.8 Å². The SMILES string of the molecule is Nc1ccncn1.O=C(O)C(O)C(O)C(=O)O.O=C(O)C(O)C(O)C(=O)O.O=C(O)C(O)C(O)C(=O)O. The number of carbonyl (C=O) groups is 6. The fourth-order valence-electron chi connectivity index (χ4n) is 1.11. The Balaban J connectivity index is -0.000000419. The minimum Gasteiger partial charge on any atom is -0.479 e. The molecule has 21 heteroatoms. The summed E-state index contributed by atoms with van der Waals surface area (Å²) >= 11 is 0. The minimum absolute atomic E-state index is 0.509. The molecule has 6 atom stereocenters. The number of anilines is 1. The van der Waals surface area contributed by atoms with E-state index in [1.807, 2.05) is 0 Å². The van der Waals surface area contributed by atoms with Gasteiger partial charge in [-0.25, -0.2) is 38.7 Å². The first kappa shape index (κ1) is 37.0. The van der Waals surface area contributed by atoms with Gasteiger partial charge in [0.15, 0.2) is 36.6 Å². The molecule has 1 aromatic rings. The van der Waals surface area contributed by atoms with Crippen molar-refractivity contribution in [2.45, 2.75) is 36.6 Å². The van der Waals surface area contributed by atoms with Gasteiger partial charge in [-0.15, -0.1) is 0 Å². The maximum absolute atomic E-state index is 9.77. The molecule has 0 saturated heterocycles. The Morgan fingerprint density at radius 1 is 0.541 bits per heavy atom. The first-order valence-electron chi connectivity index (χ1n) is 8.76. The van der Waals surface area contributed by atoms with Gasteiger partial charge in [-0.05, 0) is 6.07 Å². The van der Waals surface area contributed by atoms with Gasteiger partial charge in [-0.2, -0.15) is 0 Å². The molecule has 1 rings (SSSR count). The topological polar surface area (TPSA) is 397 Å². The van der Waals surface area contributed by atoms with Gasteiger partial charge in [0.05, 0.1) is 0 Å². The van der Waals surface area contributed by atoms with Crippen molar-refractivity contribution in [3.63, 3.8) is 0 Å². The van der Waals surface area contributed by atoms with Gasteiger partial charge in [0, 0.05) is 6.20 Å². The van der Waals surface area contributed by atoms with Crippen molar-refractivity contribution in [2.24, 2.45) is 0 Å². The van der Waals surface area contributed by atoms with Gasteiger partial charge in [0.2, 0.25) is 0 Å². The van der Waals surface area contributed by atoms with Gasteiger partial charge in [-0.1, -0.05) is 0 Å². The Morgan fingerprint density at radius 3 is 0.838 bits per heavy atom. The van der Waals surface area contributed by atoms with E-state index in [0.29, 0.717) is 5.82 Å². The summed E-state index contributed by atoms with van der Waals surface area (Å²) in [4.78, 5) is 65.9. The third-order valence-corrected chi connectivity index (χ3v) is 3.02. The van der Waals surface area contributed by atoms with Crippen molar-refractivity contribution in [3.8, 4) is 0 Å². The molecule has 1 heterocycles. The highest BCUT2D eigenvalue weighted by Gasteiger charge is 2.30. The molecule has 21 nitrogen and oxygen atoms in total. The molecule has 0 spiro atoms. The zero-order valence-electron chi connectivity index (χ0n) is 18.0. The minimum atomic E-state index is -2.27. The summed E-state index contributed by atoms with van der Waals surface area (Å²) in [6, 6.07) is 1.64. The lowest BCUT2D eigenvalue weighted by atomic mass is 10.2. The smallest absolute Gasteiger partial charge is 0.335 e. The number of nitrogens with zero attached hydrogens (tertiary/aromatic N) is 2. The fraction of sp³-hybridized carbons (Fsp3) is 0.375. The van der Waals surface area contributed by atoms with Gasteiger partial charge in [0.25, 0.3) is 0 Å². The lowest BCUT2D eigenvalue weighted by Crippen LogP contribution is -2.39. The van der Waals surface area contributed by atoms with Gasteiger partial charge in [0.1, 0.15) is 12.1 Å². The molecule has 0 aliphatic rings. The van der Waals surface area contributed by atoms with E-state index in [4.69, 9.17) is 67.0 Å². The van der Waals surface area contributed by atoms with Crippen molar-refractivity contribution in [1.29, 1.82) is 0 Å². The summed E-state index contributed by atoms with van der Waals surface area (Å²) in [6.45, 7) is 0. The first-order valence-corrected chi connectivity index (χ1v) is 8.76. The highest BCUT2D eigenvalue weighted by molar-refractivity contribution is 5.84. The number of nitrogens with two attached hydrogens (primary N) is 1. The molecule has 0 bridgehead atoms. The number of nitrogen functional groups attached to an aromatic ring is 1. The number of aliphatic hydroxyl groups is 6. The molecule has 14 N–H and O–H groups in total. The van der Waals surface area contributed by atoms with Crippen LogP contribution in [0.2, 0.25) is 0 Å². The average Bonchev–Trinajstić information content (AvgIpc) is 2.82. The number of hydrogen-bond donors (Lipinski definition) is 13. The van der Waals surface area contributed by atoms with Crippen LogP contribution in [0.4, 0.5) is 5.82 Å². The molecule has 0 aliphatic heterocycles. The first-order chi connectivity index (χ1) is 16.8. The van der Waals surface area contributed by atoms with Crippen LogP contribution in [0.25, 0.3) is 0 Å². The molecule has 0 amide bonds. The van der Waals surface area contributed by atoms with E-state index >= 15 is 0 Å². The second-order valence-corrected chi connectivity index (χ2v) is 5.83. The summed E-state index contributed by atoms with van der Waals surface area (Å²) < 4.78 is 0. The van der Waals surface area contributed by atoms with Crippen molar-refractivity contribution in [2.75, 3.05) is 5.73 Å². The third kappa shape index (κ3) is 17.5. The summed E-state index contributed by atoms with van der Waals surface area (Å²) in [6.07, 6.45) is -10.6. The Bertz CT molecular complexity index is 757. The number of carboxylic acids is 6. The van der Waals surface area contributed by atoms with E-state index in [-0.39, 0.29) is 0 Å². The fourth-order valence-corrected chi connectivity index (χ4v) is 1.11. The molecule has 37 heavy (non-hydrogen) atoms. The lowest BCUT2D eigenvalue weighted by Gasteiger charge is -2.07.